The molecule has 0 unspecified atom stereocenters. The van der Waals surface area contributed by atoms with Crippen molar-refractivity contribution in [1.82, 2.24) is 4.98 Å². The fourth-order valence-corrected chi connectivity index (χ4v) is 4.19. The van der Waals surface area contributed by atoms with Crippen LogP contribution < -0.4 is 25.4 Å². The van der Waals surface area contributed by atoms with Gasteiger partial charge < -0.3 is 20.1 Å². The number of urea groups is 1. The molecule has 33 heavy (non-hydrogen) atoms. The van der Waals surface area contributed by atoms with Crippen LogP contribution in [0.4, 0.5) is 21.3 Å². The zero-order chi connectivity index (χ0) is 23.4. The van der Waals surface area contributed by atoms with Gasteiger partial charge in [-0.05, 0) is 36.4 Å². The zero-order valence-electron chi connectivity index (χ0n) is 17.6. The van der Waals surface area contributed by atoms with Gasteiger partial charge in [-0.25, -0.2) is 9.78 Å². The Kier molecular flexibility index (Phi) is 6.62. The minimum atomic E-state index is -0.487. The molecule has 3 amide bonds. The maximum Gasteiger partial charge on any atom is 0.323 e. The second-order valence-corrected chi connectivity index (χ2v) is 8.26. The molecule has 4 aromatic rings. The molecule has 10 heteroatoms. The normalized spacial score (nSPS) is 10.5. The number of amides is 3. The van der Waals surface area contributed by atoms with Gasteiger partial charge in [0.05, 0.1) is 24.6 Å². The van der Waals surface area contributed by atoms with E-state index in [1.807, 2.05) is 6.07 Å². The lowest BCUT2D eigenvalue weighted by atomic mass is 10.2. The van der Waals surface area contributed by atoms with Crippen LogP contribution in [0.15, 0.2) is 60.7 Å². The largest absolute Gasteiger partial charge is 0.495 e. The van der Waals surface area contributed by atoms with Crippen LogP contribution in [0.2, 0.25) is 5.02 Å². The van der Waals surface area contributed by atoms with E-state index in [1.54, 1.807) is 54.6 Å². The molecular weight excluding hydrogens is 464 g/mol. The quantitative estimate of drug-likeness (QED) is 0.319. The summed E-state index contributed by atoms with van der Waals surface area (Å²) in [6.07, 6.45) is 0. The number of hydrogen-bond donors (Lipinski definition) is 3. The number of anilines is 3. The summed E-state index contributed by atoms with van der Waals surface area (Å²) in [5.41, 5.74) is 2.02. The summed E-state index contributed by atoms with van der Waals surface area (Å²) >= 11 is 7.29. The minimum absolute atomic E-state index is 0.262. The number of carbonyl (C=O) groups is 2. The number of nitrogens with one attached hydrogen (secondary N) is 3. The first-order valence-corrected chi connectivity index (χ1v) is 10.9. The first kappa shape index (κ1) is 22.4. The number of nitrogens with zero attached hydrogens (tertiary/aromatic N) is 1. The Balaban J connectivity index is 1.54. The monoisotopic (exact) mass is 482 g/mol. The second kappa shape index (κ2) is 9.76. The fourth-order valence-electron chi connectivity index (χ4n) is 3.10. The predicted molar refractivity (Wildman–Crippen MR) is 131 cm³/mol. The van der Waals surface area contributed by atoms with Crippen molar-refractivity contribution in [2.75, 3.05) is 30.2 Å². The third-order valence-electron chi connectivity index (χ3n) is 4.60. The van der Waals surface area contributed by atoms with E-state index in [0.29, 0.717) is 44.1 Å². The molecule has 0 radical (unpaired) electrons. The van der Waals surface area contributed by atoms with Gasteiger partial charge in [0, 0.05) is 22.3 Å². The summed E-state index contributed by atoms with van der Waals surface area (Å²) in [5, 5.41) is 9.16. The third kappa shape index (κ3) is 5.16. The summed E-state index contributed by atoms with van der Waals surface area (Å²) in [7, 11) is 3.01. The fraction of sp³-hybridized carbons (Fsp3) is 0.0870. The van der Waals surface area contributed by atoms with Crippen LogP contribution in [0, 0.1) is 0 Å². The van der Waals surface area contributed by atoms with Crippen molar-refractivity contribution in [2.24, 2.45) is 0 Å². The van der Waals surface area contributed by atoms with Crippen molar-refractivity contribution in [3.05, 3.63) is 71.2 Å². The van der Waals surface area contributed by atoms with E-state index in [0.717, 1.165) is 4.70 Å². The molecule has 0 aliphatic rings. The van der Waals surface area contributed by atoms with E-state index in [1.165, 1.54) is 25.6 Å². The van der Waals surface area contributed by atoms with Gasteiger partial charge in [0.1, 0.15) is 17.0 Å². The van der Waals surface area contributed by atoms with Gasteiger partial charge >= 0.3 is 6.03 Å². The van der Waals surface area contributed by atoms with E-state index in [4.69, 9.17) is 21.1 Å². The van der Waals surface area contributed by atoms with Gasteiger partial charge in [-0.3, -0.25) is 10.1 Å². The molecule has 1 heterocycles. The summed E-state index contributed by atoms with van der Waals surface area (Å²) in [5.74, 6) is 0.672. The van der Waals surface area contributed by atoms with Crippen LogP contribution in [0.5, 0.6) is 11.5 Å². The van der Waals surface area contributed by atoms with Crippen molar-refractivity contribution in [2.45, 2.75) is 0 Å². The van der Waals surface area contributed by atoms with Crippen molar-refractivity contribution >= 4 is 61.6 Å². The maximum absolute atomic E-state index is 12.6. The maximum atomic E-state index is 12.6. The number of fused-ring (bicyclic) bond motifs is 1. The van der Waals surface area contributed by atoms with Crippen LogP contribution in [0.25, 0.3) is 10.2 Å². The molecule has 0 fully saturated rings. The van der Waals surface area contributed by atoms with Gasteiger partial charge in [0.2, 0.25) is 0 Å². The molecule has 0 saturated carbocycles. The average Bonchev–Trinajstić information content (AvgIpc) is 3.21. The summed E-state index contributed by atoms with van der Waals surface area (Å²) < 4.78 is 11.4. The highest BCUT2D eigenvalue weighted by Crippen LogP contribution is 2.36. The Morgan fingerprint density at radius 2 is 1.67 bits per heavy atom. The number of ether oxygens (including phenoxy) is 2. The number of aromatic nitrogens is 1. The highest BCUT2D eigenvalue weighted by atomic mass is 35.5. The van der Waals surface area contributed by atoms with Crippen LogP contribution in [-0.4, -0.2) is 31.1 Å². The number of thiazole rings is 1. The smallest absolute Gasteiger partial charge is 0.323 e. The lowest BCUT2D eigenvalue weighted by Gasteiger charge is -2.12. The number of hydrogen-bond acceptors (Lipinski definition) is 6. The minimum Gasteiger partial charge on any atom is -0.495 e. The molecular formula is C23H19ClN4O4S. The summed E-state index contributed by atoms with van der Waals surface area (Å²) in [6.45, 7) is 0. The first-order chi connectivity index (χ1) is 16.0. The van der Waals surface area contributed by atoms with Crippen molar-refractivity contribution in [1.29, 1.82) is 0 Å². The van der Waals surface area contributed by atoms with E-state index in [9.17, 15) is 9.59 Å². The molecule has 0 aliphatic heterocycles. The molecule has 0 aliphatic carbocycles. The second-order valence-electron chi connectivity index (χ2n) is 6.79. The molecule has 3 N–H and O–H groups in total. The highest BCUT2D eigenvalue weighted by Gasteiger charge is 2.15. The summed E-state index contributed by atoms with van der Waals surface area (Å²) in [6, 6.07) is 16.7. The van der Waals surface area contributed by atoms with Crippen molar-refractivity contribution in [3.8, 4) is 11.5 Å². The Morgan fingerprint density at radius 3 is 2.39 bits per heavy atom. The standard InChI is InChI=1S/C23H19ClN4O4S/c1-31-17-9-8-14(24)10-16(17)26-22(30)25-15-11-18(32-2)20-19(12-15)33-23(27-20)28-21(29)13-6-4-3-5-7-13/h3-12H,1-2H3,(H2,25,26,30)(H,27,28,29). The molecule has 0 bridgehead atoms. The van der Waals surface area contributed by atoms with E-state index < -0.39 is 6.03 Å². The molecule has 0 atom stereocenters. The Labute approximate surface area is 198 Å². The number of benzene rings is 3. The zero-order valence-corrected chi connectivity index (χ0v) is 19.2. The third-order valence-corrected chi connectivity index (χ3v) is 5.76. The molecule has 1 aromatic heterocycles. The number of carbonyl (C=O) groups excluding carboxylic acids is 2. The molecule has 0 spiro atoms. The number of halogens is 1. The summed E-state index contributed by atoms with van der Waals surface area (Å²) in [4.78, 5) is 29.5. The number of rotatable bonds is 6. The average molecular weight is 483 g/mol. The molecule has 4 rings (SSSR count). The molecule has 8 nitrogen and oxygen atoms in total. The van der Waals surface area contributed by atoms with Gasteiger partial charge in [-0.2, -0.15) is 0 Å². The van der Waals surface area contributed by atoms with E-state index in [2.05, 4.69) is 20.9 Å². The van der Waals surface area contributed by atoms with E-state index >= 15 is 0 Å². The molecule has 3 aromatic carbocycles. The lowest BCUT2D eigenvalue weighted by Crippen LogP contribution is -2.19. The topological polar surface area (TPSA) is 102 Å². The van der Waals surface area contributed by atoms with Crippen LogP contribution in [0.1, 0.15) is 10.4 Å². The Hall–Kier alpha value is -3.82. The highest BCUT2D eigenvalue weighted by molar-refractivity contribution is 7.22. The van der Waals surface area contributed by atoms with Crippen LogP contribution in [-0.2, 0) is 0 Å². The van der Waals surface area contributed by atoms with Gasteiger partial charge in [-0.1, -0.05) is 41.1 Å². The van der Waals surface area contributed by atoms with Crippen molar-refractivity contribution in [3.63, 3.8) is 0 Å². The number of methoxy groups -OCH3 is 2. The van der Waals surface area contributed by atoms with Gasteiger partial charge in [-0.15, -0.1) is 0 Å². The Bertz CT molecular complexity index is 1330. The van der Waals surface area contributed by atoms with Crippen LogP contribution in [0.3, 0.4) is 0 Å². The van der Waals surface area contributed by atoms with Gasteiger partial charge in [0.15, 0.2) is 5.13 Å². The first-order valence-electron chi connectivity index (χ1n) is 9.73. The van der Waals surface area contributed by atoms with Crippen molar-refractivity contribution < 1.29 is 19.1 Å². The van der Waals surface area contributed by atoms with Crippen LogP contribution >= 0.6 is 22.9 Å². The Morgan fingerprint density at radius 1 is 0.909 bits per heavy atom. The molecule has 168 valence electrons. The lowest BCUT2D eigenvalue weighted by molar-refractivity contribution is 0.102. The SMILES string of the molecule is COc1ccc(Cl)cc1NC(=O)Nc1cc(OC)c2nc(NC(=O)c3ccccc3)sc2c1. The van der Waals surface area contributed by atoms with Gasteiger partial charge in [0.25, 0.3) is 5.91 Å². The van der Waals surface area contributed by atoms with E-state index in [-0.39, 0.29) is 5.91 Å². The molecule has 0 saturated heterocycles. The predicted octanol–water partition coefficient (Wildman–Crippen LogP) is 5.86.